The van der Waals surface area contributed by atoms with E-state index in [4.69, 9.17) is 0 Å². The number of guanidine groups is 1. The standard InChI is InChI=1S/C16H26F3N5S/c1-3-20-15(21-6-4-14-22-8-12(2)25-14)23-9-13-5-7-24(10-13)11-16(17,18)19/h8,13H,3-7,9-11H2,1-2H3,(H2,20,21,23). The van der Waals surface area contributed by atoms with E-state index in [2.05, 4.69) is 20.6 Å². The van der Waals surface area contributed by atoms with E-state index in [1.54, 1.807) is 11.3 Å². The van der Waals surface area contributed by atoms with Gasteiger partial charge in [0, 0.05) is 43.7 Å². The molecule has 0 aliphatic carbocycles. The minimum Gasteiger partial charge on any atom is -0.357 e. The van der Waals surface area contributed by atoms with Crippen molar-refractivity contribution in [3.05, 3.63) is 16.1 Å². The molecule has 0 saturated carbocycles. The molecule has 1 saturated heterocycles. The van der Waals surface area contributed by atoms with Gasteiger partial charge in [0.05, 0.1) is 11.6 Å². The normalized spacial score (nSPS) is 19.4. The van der Waals surface area contributed by atoms with Crippen LogP contribution in [0.5, 0.6) is 0 Å². The molecule has 2 N–H and O–H groups in total. The summed E-state index contributed by atoms with van der Waals surface area (Å²) in [4.78, 5) is 11.5. The van der Waals surface area contributed by atoms with Crippen molar-refractivity contribution in [2.24, 2.45) is 10.9 Å². The fraction of sp³-hybridized carbons (Fsp3) is 0.750. The Labute approximate surface area is 150 Å². The van der Waals surface area contributed by atoms with Crippen LogP contribution >= 0.6 is 11.3 Å². The molecule has 1 aromatic heterocycles. The van der Waals surface area contributed by atoms with Gasteiger partial charge in [-0.3, -0.25) is 9.89 Å². The number of aliphatic imine (C=N–C) groups is 1. The van der Waals surface area contributed by atoms with E-state index in [0.717, 1.165) is 30.9 Å². The summed E-state index contributed by atoms with van der Waals surface area (Å²) < 4.78 is 37.3. The molecule has 1 aliphatic heterocycles. The molecular weight excluding hydrogens is 351 g/mol. The Balaban J connectivity index is 1.75. The number of hydrogen-bond donors (Lipinski definition) is 2. The fourth-order valence-corrected chi connectivity index (χ4v) is 3.61. The number of nitrogens with one attached hydrogen (secondary N) is 2. The van der Waals surface area contributed by atoms with Gasteiger partial charge in [-0.25, -0.2) is 4.98 Å². The first-order valence-electron chi connectivity index (χ1n) is 8.58. The zero-order valence-corrected chi connectivity index (χ0v) is 15.5. The Kier molecular flexibility index (Phi) is 7.49. The zero-order valence-electron chi connectivity index (χ0n) is 14.7. The van der Waals surface area contributed by atoms with Gasteiger partial charge in [0.25, 0.3) is 0 Å². The first kappa shape index (κ1) is 20.0. The average molecular weight is 377 g/mol. The molecule has 1 unspecified atom stereocenters. The van der Waals surface area contributed by atoms with Gasteiger partial charge in [0.2, 0.25) is 0 Å². The Morgan fingerprint density at radius 2 is 2.24 bits per heavy atom. The average Bonchev–Trinajstić information content (AvgIpc) is 3.12. The lowest BCUT2D eigenvalue weighted by Gasteiger charge is -2.17. The number of alkyl halides is 3. The van der Waals surface area contributed by atoms with Crippen molar-refractivity contribution in [2.45, 2.75) is 32.9 Å². The van der Waals surface area contributed by atoms with E-state index in [1.165, 1.54) is 9.78 Å². The van der Waals surface area contributed by atoms with Crippen molar-refractivity contribution < 1.29 is 13.2 Å². The summed E-state index contributed by atoms with van der Waals surface area (Å²) in [6.45, 7) is 6.16. The Bertz CT molecular complexity index is 558. The van der Waals surface area contributed by atoms with Crippen LogP contribution in [0, 0.1) is 12.8 Å². The van der Waals surface area contributed by atoms with Crippen molar-refractivity contribution in [2.75, 3.05) is 39.3 Å². The third-order valence-electron chi connectivity index (χ3n) is 3.93. The molecule has 1 fully saturated rings. The monoisotopic (exact) mass is 377 g/mol. The third kappa shape index (κ3) is 7.60. The van der Waals surface area contributed by atoms with Gasteiger partial charge in [0.1, 0.15) is 0 Å². The molecule has 9 heteroatoms. The van der Waals surface area contributed by atoms with E-state index < -0.39 is 12.7 Å². The fourth-order valence-electron chi connectivity index (χ4n) is 2.83. The number of thiazole rings is 1. The summed E-state index contributed by atoms with van der Waals surface area (Å²) in [5.74, 6) is 0.893. The van der Waals surface area contributed by atoms with Gasteiger partial charge in [-0.2, -0.15) is 13.2 Å². The summed E-state index contributed by atoms with van der Waals surface area (Å²) >= 11 is 1.68. The summed E-state index contributed by atoms with van der Waals surface area (Å²) in [7, 11) is 0. The highest BCUT2D eigenvalue weighted by atomic mass is 32.1. The second-order valence-corrected chi connectivity index (χ2v) is 7.59. The molecule has 25 heavy (non-hydrogen) atoms. The first-order chi connectivity index (χ1) is 11.9. The maximum absolute atomic E-state index is 12.4. The van der Waals surface area contributed by atoms with Crippen molar-refractivity contribution >= 4 is 17.3 Å². The smallest absolute Gasteiger partial charge is 0.357 e. The highest BCUT2D eigenvalue weighted by Gasteiger charge is 2.34. The predicted octanol–water partition coefficient (Wildman–Crippen LogP) is 2.43. The maximum Gasteiger partial charge on any atom is 0.401 e. The number of likely N-dealkylation sites (tertiary alicyclic amines) is 1. The lowest BCUT2D eigenvalue weighted by Crippen LogP contribution is -2.38. The third-order valence-corrected chi connectivity index (χ3v) is 4.90. The van der Waals surface area contributed by atoms with Crippen molar-refractivity contribution in [3.8, 4) is 0 Å². The van der Waals surface area contributed by atoms with Gasteiger partial charge < -0.3 is 10.6 Å². The topological polar surface area (TPSA) is 52.6 Å². The van der Waals surface area contributed by atoms with Crippen LogP contribution in [-0.4, -0.2) is 61.3 Å². The predicted molar refractivity (Wildman–Crippen MR) is 95.1 cm³/mol. The van der Waals surface area contributed by atoms with Gasteiger partial charge in [-0.05, 0) is 32.7 Å². The number of aromatic nitrogens is 1. The van der Waals surface area contributed by atoms with Gasteiger partial charge in [0.15, 0.2) is 5.96 Å². The lowest BCUT2D eigenvalue weighted by atomic mass is 10.1. The molecular formula is C16H26F3N5S. The van der Waals surface area contributed by atoms with Gasteiger partial charge >= 0.3 is 6.18 Å². The second-order valence-electron chi connectivity index (χ2n) is 6.27. The van der Waals surface area contributed by atoms with Crippen LogP contribution in [0.4, 0.5) is 13.2 Å². The summed E-state index contributed by atoms with van der Waals surface area (Å²) in [6, 6.07) is 0. The van der Waals surface area contributed by atoms with Gasteiger partial charge in [-0.15, -0.1) is 11.3 Å². The number of rotatable bonds is 7. The van der Waals surface area contributed by atoms with Crippen LogP contribution in [0.1, 0.15) is 23.2 Å². The zero-order chi connectivity index (χ0) is 18.3. The largest absolute Gasteiger partial charge is 0.401 e. The van der Waals surface area contributed by atoms with E-state index in [1.807, 2.05) is 20.0 Å². The Morgan fingerprint density at radius 3 is 2.88 bits per heavy atom. The summed E-state index contributed by atoms with van der Waals surface area (Å²) in [5, 5.41) is 7.52. The van der Waals surface area contributed by atoms with Crippen molar-refractivity contribution in [3.63, 3.8) is 0 Å². The minimum absolute atomic E-state index is 0.180. The molecule has 1 atom stereocenters. The molecule has 5 nitrogen and oxygen atoms in total. The molecule has 0 amide bonds. The van der Waals surface area contributed by atoms with Crippen molar-refractivity contribution in [1.29, 1.82) is 0 Å². The summed E-state index contributed by atoms with van der Waals surface area (Å²) in [5.41, 5.74) is 0. The quantitative estimate of drug-likeness (QED) is 0.566. The molecule has 142 valence electrons. The molecule has 0 spiro atoms. The van der Waals surface area contributed by atoms with E-state index in [0.29, 0.717) is 25.6 Å². The van der Waals surface area contributed by atoms with Crippen LogP contribution in [0.2, 0.25) is 0 Å². The van der Waals surface area contributed by atoms with Crippen LogP contribution in [0.15, 0.2) is 11.2 Å². The number of halogens is 3. The molecule has 0 bridgehead atoms. The van der Waals surface area contributed by atoms with E-state index in [9.17, 15) is 13.2 Å². The molecule has 2 heterocycles. The maximum atomic E-state index is 12.4. The number of hydrogen-bond acceptors (Lipinski definition) is 4. The van der Waals surface area contributed by atoms with Crippen LogP contribution in [0.3, 0.4) is 0 Å². The SMILES string of the molecule is CCNC(=NCC1CCN(CC(F)(F)F)C1)NCCc1ncc(C)s1. The Hall–Kier alpha value is -1.35. The second kappa shape index (κ2) is 9.38. The molecule has 2 rings (SSSR count). The lowest BCUT2D eigenvalue weighted by molar-refractivity contribution is -0.143. The summed E-state index contributed by atoms with van der Waals surface area (Å²) in [6.07, 6.45) is -0.669. The molecule has 1 aliphatic rings. The minimum atomic E-state index is -4.12. The van der Waals surface area contributed by atoms with Gasteiger partial charge in [-0.1, -0.05) is 0 Å². The van der Waals surface area contributed by atoms with E-state index >= 15 is 0 Å². The van der Waals surface area contributed by atoms with Crippen molar-refractivity contribution in [1.82, 2.24) is 20.5 Å². The first-order valence-corrected chi connectivity index (χ1v) is 9.40. The van der Waals surface area contributed by atoms with Crippen LogP contribution < -0.4 is 10.6 Å². The Morgan fingerprint density at radius 1 is 1.44 bits per heavy atom. The molecule has 0 radical (unpaired) electrons. The van der Waals surface area contributed by atoms with Crippen LogP contribution in [-0.2, 0) is 6.42 Å². The van der Waals surface area contributed by atoms with E-state index in [-0.39, 0.29) is 5.92 Å². The molecule has 1 aromatic rings. The highest BCUT2D eigenvalue weighted by Crippen LogP contribution is 2.22. The van der Waals surface area contributed by atoms with Crippen LogP contribution in [0.25, 0.3) is 0 Å². The molecule has 0 aromatic carbocycles. The number of nitrogens with zero attached hydrogens (tertiary/aromatic N) is 3. The highest BCUT2D eigenvalue weighted by molar-refractivity contribution is 7.11. The number of aryl methyl sites for hydroxylation is 1.